The van der Waals surface area contributed by atoms with Crippen molar-refractivity contribution in [3.8, 4) is 0 Å². The van der Waals surface area contributed by atoms with Crippen LogP contribution in [0.2, 0.25) is 0 Å². The van der Waals surface area contributed by atoms with E-state index in [0.29, 0.717) is 33.7 Å². The van der Waals surface area contributed by atoms with Gasteiger partial charge in [0.2, 0.25) is 0 Å². The SMILES string of the molecule is Cc1c(NCc2ccc(NC(N)=O)cc2)nn2c(C(F)(F)F)nnc2c1C. The molecule has 27 heavy (non-hydrogen) atoms. The summed E-state index contributed by atoms with van der Waals surface area (Å²) in [6.07, 6.45) is -4.66. The standard InChI is InChI=1S/C16H16F3N7O/c1-8-9(2)13-23-24-14(16(17,18)19)26(13)25-12(8)21-7-10-3-5-11(6-4-10)22-15(20)27/h3-6H,7H2,1-2H3,(H,21,25)(H3,20,22,27). The van der Waals surface area contributed by atoms with E-state index in [1.165, 1.54) is 0 Å². The monoisotopic (exact) mass is 379 g/mol. The normalized spacial score (nSPS) is 11.6. The number of rotatable bonds is 4. The van der Waals surface area contributed by atoms with Crippen molar-refractivity contribution in [3.63, 3.8) is 0 Å². The summed E-state index contributed by atoms with van der Waals surface area (Å²) < 4.78 is 39.9. The van der Waals surface area contributed by atoms with Gasteiger partial charge in [0.25, 0.3) is 5.82 Å². The Morgan fingerprint density at radius 2 is 1.81 bits per heavy atom. The number of fused-ring (bicyclic) bond motifs is 1. The van der Waals surface area contributed by atoms with Crippen molar-refractivity contribution in [1.82, 2.24) is 19.8 Å². The fourth-order valence-corrected chi connectivity index (χ4v) is 2.51. The molecular weight excluding hydrogens is 363 g/mol. The van der Waals surface area contributed by atoms with Crippen LogP contribution in [0.4, 0.5) is 29.5 Å². The largest absolute Gasteiger partial charge is 0.453 e. The zero-order chi connectivity index (χ0) is 19.8. The van der Waals surface area contributed by atoms with Crippen LogP contribution in [0.3, 0.4) is 0 Å². The molecule has 0 atom stereocenters. The number of benzene rings is 1. The molecule has 0 aliphatic rings. The van der Waals surface area contributed by atoms with Gasteiger partial charge in [-0.05, 0) is 37.1 Å². The highest BCUT2D eigenvalue weighted by molar-refractivity contribution is 5.87. The number of urea groups is 1. The van der Waals surface area contributed by atoms with Gasteiger partial charge in [-0.2, -0.15) is 17.7 Å². The molecule has 0 bridgehead atoms. The van der Waals surface area contributed by atoms with Crippen LogP contribution in [0, 0.1) is 13.8 Å². The molecule has 0 saturated heterocycles. The minimum Gasteiger partial charge on any atom is -0.364 e. The summed E-state index contributed by atoms with van der Waals surface area (Å²) in [6.45, 7) is 3.72. The van der Waals surface area contributed by atoms with E-state index in [1.54, 1.807) is 38.1 Å². The summed E-state index contributed by atoms with van der Waals surface area (Å²) in [4.78, 5) is 10.8. The fourth-order valence-electron chi connectivity index (χ4n) is 2.51. The maximum Gasteiger partial charge on any atom is 0.453 e. The molecular formula is C16H16F3N7O. The summed E-state index contributed by atoms with van der Waals surface area (Å²) >= 11 is 0. The first-order chi connectivity index (χ1) is 12.7. The van der Waals surface area contributed by atoms with Crippen LogP contribution in [0.1, 0.15) is 22.5 Å². The minimum absolute atomic E-state index is 0.0623. The summed E-state index contributed by atoms with van der Waals surface area (Å²) in [5.74, 6) is -0.879. The molecule has 3 rings (SSSR count). The van der Waals surface area contributed by atoms with E-state index in [1.807, 2.05) is 0 Å². The second kappa shape index (κ2) is 6.74. The van der Waals surface area contributed by atoms with E-state index in [4.69, 9.17) is 5.73 Å². The number of nitrogens with one attached hydrogen (secondary N) is 2. The van der Waals surface area contributed by atoms with Crippen molar-refractivity contribution in [2.45, 2.75) is 26.6 Å². The lowest BCUT2D eigenvalue weighted by atomic mass is 10.1. The topological polar surface area (TPSA) is 110 Å². The molecule has 2 heterocycles. The first-order valence-corrected chi connectivity index (χ1v) is 7.86. The molecule has 0 fully saturated rings. The maximum atomic E-state index is 13.1. The molecule has 3 aromatic rings. The Labute approximate surface area is 151 Å². The molecule has 0 aliphatic heterocycles. The summed E-state index contributed by atoms with van der Waals surface area (Å²) in [5, 5.41) is 16.3. The van der Waals surface area contributed by atoms with E-state index in [-0.39, 0.29) is 5.65 Å². The van der Waals surface area contributed by atoms with Crippen molar-refractivity contribution in [2.75, 3.05) is 10.6 Å². The molecule has 142 valence electrons. The predicted octanol–water partition coefficient (Wildman–Crippen LogP) is 2.86. The molecule has 0 radical (unpaired) electrons. The zero-order valence-electron chi connectivity index (χ0n) is 14.4. The van der Waals surface area contributed by atoms with E-state index in [2.05, 4.69) is 25.9 Å². The highest BCUT2D eigenvalue weighted by atomic mass is 19.4. The van der Waals surface area contributed by atoms with Crippen LogP contribution in [0.15, 0.2) is 24.3 Å². The highest BCUT2D eigenvalue weighted by Crippen LogP contribution is 2.29. The molecule has 11 heteroatoms. The first kappa shape index (κ1) is 18.4. The van der Waals surface area contributed by atoms with Gasteiger partial charge in [0.15, 0.2) is 11.5 Å². The molecule has 1 aromatic carbocycles. The summed E-state index contributed by atoms with van der Waals surface area (Å²) in [7, 11) is 0. The Hall–Kier alpha value is -3.37. The number of nitrogens with zero attached hydrogens (tertiary/aromatic N) is 4. The average Bonchev–Trinajstić information content (AvgIpc) is 3.02. The van der Waals surface area contributed by atoms with Gasteiger partial charge in [-0.3, -0.25) is 0 Å². The van der Waals surface area contributed by atoms with Crippen LogP contribution in [-0.4, -0.2) is 25.8 Å². The van der Waals surface area contributed by atoms with Crippen LogP contribution in [0.25, 0.3) is 5.65 Å². The molecule has 0 saturated carbocycles. The quantitative estimate of drug-likeness (QED) is 0.646. The number of aryl methyl sites for hydroxylation is 1. The number of alkyl halides is 3. The van der Waals surface area contributed by atoms with Gasteiger partial charge < -0.3 is 16.4 Å². The Morgan fingerprint density at radius 1 is 1.15 bits per heavy atom. The summed E-state index contributed by atoms with van der Waals surface area (Å²) in [6, 6.07) is 6.16. The molecule has 0 spiro atoms. The van der Waals surface area contributed by atoms with Crippen molar-refractivity contribution in [1.29, 1.82) is 0 Å². The molecule has 2 amide bonds. The average molecular weight is 379 g/mol. The molecule has 0 aliphatic carbocycles. The lowest BCUT2D eigenvalue weighted by Gasteiger charge is -2.13. The van der Waals surface area contributed by atoms with Crippen molar-refractivity contribution in [3.05, 3.63) is 46.8 Å². The van der Waals surface area contributed by atoms with Crippen LogP contribution >= 0.6 is 0 Å². The highest BCUT2D eigenvalue weighted by Gasteiger charge is 2.38. The number of primary amides is 1. The number of nitrogens with two attached hydrogens (primary N) is 1. The number of carbonyl (C=O) groups is 1. The maximum absolute atomic E-state index is 13.1. The van der Waals surface area contributed by atoms with Gasteiger partial charge in [-0.15, -0.1) is 15.3 Å². The second-order valence-corrected chi connectivity index (χ2v) is 5.90. The molecule has 2 aromatic heterocycles. The Balaban J connectivity index is 1.86. The van der Waals surface area contributed by atoms with E-state index in [0.717, 1.165) is 5.56 Å². The third-order valence-electron chi connectivity index (χ3n) is 4.03. The van der Waals surface area contributed by atoms with Crippen molar-refractivity contribution < 1.29 is 18.0 Å². The number of halogens is 3. The smallest absolute Gasteiger partial charge is 0.364 e. The molecule has 8 nitrogen and oxygen atoms in total. The number of aromatic nitrogens is 4. The van der Waals surface area contributed by atoms with Gasteiger partial charge in [0, 0.05) is 17.8 Å². The third-order valence-corrected chi connectivity index (χ3v) is 4.03. The number of amides is 2. The molecule has 4 N–H and O–H groups in total. The van der Waals surface area contributed by atoms with E-state index >= 15 is 0 Å². The lowest BCUT2D eigenvalue weighted by molar-refractivity contribution is -0.146. The number of hydrogen-bond donors (Lipinski definition) is 3. The molecule has 0 unspecified atom stereocenters. The Morgan fingerprint density at radius 3 is 2.41 bits per heavy atom. The van der Waals surface area contributed by atoms with Gasteiger partial charge in [-0.1, -0.05) is 12.1 Å². The zero-order valence-corrected chi connectivity index (χ0v) is 14.4. The number of anilines is 2. The van der Waals surface area contributed by atoms with Gasteiger partial charge in [0.05, 0.1) is 0 Å². The van der Waals surface area contributed by atoms with Crippen molar-refractivity contribution >= 4 is 23.2 Å². The Bertz CT molecular complexity index is 996. The Kier molecular flexibility index (Phi) is 4.60. The van der Waals surface area contributed by atoms with Crippen LogP contribution < -0.4 is 16.4 Å². The van der Waals surface area contributed by atoms with Gasteiger partial charge in [0.1, 0.15) is 0 Å². The van der Waals surface area contributed by atoms with Crippen molar-refractivity contribution in [2.24, 2.45) is 5.73 Å². The fraction of sp³-hybridized carbons (Fsp3) is 0.250. The predicted molar refractivity (Wildman–Crippen MR) is 92.2 cm³/mol. The lowest BCUT2D eigenvalue weighted by Crippen LogP contribution is -2.19. The number of hydrogen-bond acceptors (Lipinski definition) is 5. The summed E-state index contributed by atoms with van der Waals surface area (Å²) in [5.41, 5.74) is 7.71. The third kappa shape index (κ3) is 3.76. The number of carbonyl (C=O) groups excluding carboxylic acids is 1. The second-order valence-electron chi connectivity index (χ2n) is 5.90. The van der Waals surface area contributed by atoms with E-state index < -0.39 is 18.0 Å². The van der Waals surface area contributed by atoms with E-state index in [9.17, 15) is 18.0 Å². The minimum atomic E-state index is -4.66. The van der Waals surface area contributed by atoms with Crippen LogP contribution in [-0.2, 0) is 12.7 Å². The van der Waals surface area contributed by atoms with Gasteiger partial charge in [-0.25, -0.2) is 4.79 Å². The van der Waals surface area contributed by atoms with Gasteiger partial charge >= 0.3 is 12.2 Å². The van der Waals surface area contributed by atoms with Crippen LogP contribution in [0.5, 0.6) is 0 Å². The first-order valence-electron chi connectivity index (χ1n) is 7.86.